The molecule has 0 spiro atoms. The van der Waals surface area contributed by atoms with E-state index in [1.807, 2.05) is 60.7 Å². The van der Waals surface area contributed by atoms with Gasteiger partial charge >= 0.3 is 5.97 Å². The van der Waals surface area contributed by atoms with E-state index in [1.165, 1.54) is 0 Å². The molecule has 0 aliphatic heterocycles. The van der Waals surface area contributed by atoms with E-state index in [9.17, 15) is 4.79 Å². The van der Waals surface area contributed by atoms with Crippen LogP contribution in [0.5, 0.6) is 0 Å². The molecule has 0 radical (unpaired) electrons. The molecule has 0 aliphatic carbocycles. The van der Waals surface area contributed by atoms with Gasteiger partial charge in [-0.3, -0.25) is 4.79 Å². The van der Waals surface area contributed by atoms with E-state index in [2.05, 4.69) is 0 Å². The highest BCUT2D eigenvalue weighted by Gasteiger charge is 2.03. The van der Waals surface area contributed by atoms with Gasteiger partial charge in [0.25, 0.3) is 0 Å². The Hall–Kier alpha value is -2.17. The molecule has 0 N–H and O–H groups in total. The largest absolute Gasteiger partial charge is 0.461 e. The second-order valence-electron chi connectivity index (χ2n) is 5.17. The van der Waals surface area contributed by atoms with Crippen LogP contribution in [0.2, 0.25) is 0 Å². The molecule has 0 saturated heterocycles. The van der Waals surface area contributed by atoms with Crippen molar-refractivity contribution < 1.29 is 19.3 Å². The normalized spacial score (nSPS) is 10.4. The Morgan fingerprint density at radius 3 is 2.00 bits per heavy atom. The molecule has 0 atom stereocenters. The minimum absolute atomic E-state index is 0.181. The van der Waals surface area contributed by atoms with E-state index < -0.39 is 0 Å². The molecule has 0 heterocycles. The average Bonchev–Trinajstić information content (AvgIpc) is 2.61. The van der Waals surface area contributed by atoms with Gasteiger partial charge in [0.15, 0.2) is 0 Å². The number of carbonyl (C=O) groups is 1. The number of hydrogen-bond acceptors (Lipinski definition) is 4. The lowest BCUT2D eigenvalue weighted by atomic mass is 10.2. The Morgan fingerprint density at radius 2 is 1.35 bits per heavy atom. The molecule has 0 aliphatic rings. The third kappa shape index (κ3) is 7.58. The van der Waals surface area contributed by atoms with Crippen LogP contribution in [0.1, 0.15) is 30.4 Å². The van der Waals surface area contributed by atoms with Crippen molar-refractivity contribution in [2.24, 2.45) is 0 Å². The molecule has 4 nitrogen and oxygen atoms in total. The van der Waals surface area contributed by atoms with Gasteiger partial charge in [-0.1, -0.05) is 60.7 Å². The number of benzene rings is 2. The summed E-state index contributed by atoms with van der Waals surface area (Å²) in [5.41, 5.74) is 2.07. The molecule has 2 rings (SSSR count). The maximum Gasteiger partial charge on any atom is 0.306 e. The molecule has 122 valence electrons. The van der Waals surface area contributed by atoms with E-state index in [0.717, 1.165) is 24.0 Å². The first kappa shape index (κ1) is 17.2. The minimum Gasteiger partial charge on any atom is -0.461 e. The number of esters is 1. The summed E-state index contributed by atoms with van der Waals surface area (Å²) in [4.78, 5) is 21.8. The van der Waals surface area contributed by atoms with Crippen molar-refractivity contribution >= 4 is 5.97 Å². The molecule has 0 fully saturated rings. The highest BCUT2D eigenvalue weighted by molar-refractivity contribution is 5.69. The van der Waals surface area contributed by atoms with Crippen LogP contribution in [0, 0.1) is 0 Å². The Bertz CT molecular complexity index is 554. The first-order chi connectivity index (χ1) is 11.3. The van der Waals surface area contributed by atoms with Gasteiger partial charge in [-0.25, -0.2) is 9.78 Å². The van der Waals surface area contributed by atoms with Crippen LogP contribution >= 0.6 is 0 Å². The van der Waals surface area contributed by atoms with Crippen LogP contribution in [0.4, 0.5) is 0 Å². The van der Waals surface area contributed by atoms with Crippen molar-refractivity contribution in [3.63, 3.8) is 0 Å². The molecule has 2 aromatic carbocycles. The van der Waals surface area contributed by atoms with E-state index in [1.54, 1.807) is 0 Å². The summed E-state index contributed by atoms with van der Waals surface area (Å²) in [6, 6.07) is 19.5. The fourth-order valence-electron chi connectivity index (χ4n) is 1.98. The van der Waals surface area contributed by atoms with Crippen molar-refractivity contribution in [2.45, 2.75) is 32.5 Å². The number of carbonyl (C=O) groups excluding carboxylic acids is 1. The number of hydrogen-bond donors (Lipinski definition) is 0. The lowest BCUT2D eigenvalue weighted by Gasteiger charge is -2.06. The van der Waals surface area contributed by atoms with Gasteiger partial charge in [0.05, 0.1) is 6.61 Å². The van der Waals surface area contributed by atoms with Crippen LogP contribution in [0.3, 0.4) is 0 Å². The predicted octanol–water partition coefficient (Wildman–Crippen LogP) is 4.05. The molecule has 0 unspecified atom stereocenters. The van der Waals surface area contributed by atoms with Crippen LogP contribution in [0.25, 0.3) is 0 Å². The van der Waals surface area contributed by atoms with Crippen LogP contribution in [-0.4, -0.2) is 12.6 Å². The second-order valence-corrected chi connectivity index (χ2v) is 5.17. The Balaban J connectivity index is 1.45. The van der Waals surface area contributed by atoms with Crippen molar-refractivity contribution in [2.75, 3.05) is 6.61 Å². The van der Waals surface area contributed by atoms with Gasteiger partial charge in [-0.15, -0.1) is 0 Å². The SMILES string of the molecule is O=C(CCCCOOCc1ccccc1)OCc1ccccc1. The Kier molecular flexibility index (Phi) is 7.88. The second kappa shape index (κ2) is 10.5. The van der Waals surface area contributed by atoms with Crippen molar-refractivity contribution in [1.82, 2.24) is 0 Å². The summed E-state index contributed by atoms with van der Waals surface area (Å²) in [5, 5.41) is 0. The lowest BCUT2D eigenvalue weighted by molar-refractivity contribution is -0.304. The molecular weight excluding hydrogens is 292 g/mol. The maximum absolute atomic E-state index is 11.6. The van der Waals surface area contributed by atoms with Gasteiger partial charge < -0.3 is 4.74 Å². The summed E-state index contributed by atoms with van der Waals surface area (Å²) in [6.45, 7) is 1.23. The minimum atomic E-state index is -0.181. The molecule has 0 bridgehead atoms. The number of rotatable bonds is 10. The molecule has 0 aromatic heterocycles. The zero-order chi connectivity index (χ0) is 16.2. The van der Waals surface area contributed by atoms with Gasteiger partial charge in [0.1, 0.15) is 13.2 Å². The van der Waals surface area contributed by atoms with Crippen molar-refractivity contribution in [3.8, 4) is 0 Å². The molecular formula is C19H22O4. The maximum atomic E-state index is 11.6. The summed E-state index contributed by atoms with van der Waals surface area (Å²) in [5.74, 6) is -0.181. The molecule has 4 heteroatoms. The third-order valence-corrected chi connectivity index (χ3v) is 3.25. The van der Waals surface area contributed by atoms with Gasteiger partial charge in [0.2, 0.25) is 0 Å². The summed E-state index contributed by atoms with van der Waals surface area (Å²) < 4.78 is 5.20. The van der Waals surface area contributed by atoms with Crippen molar-refractivity contribution in [3.05, 3.63) is 71.8 Å². The summed E-state index contributed by atoms with van der Waals surface area (Å²) >= 11 is 0. The van der Waals surface area contributed by atoms with E-state index in [4.69, 9.17) is 14.5 Å². The number of ether oxygens (including phenoxy) is 1. The fraction of sp³-hybridized carbons (Fsp3) is 0.316. The Morgan fingerprint density at radius 1 is 0.739 bits per heavy atom. The highest BCUT2D eigenvalue weighted by atomic mass is 17.2. The zero-order valence-electron chi connectivity index (χ0n) is 13.1. The molecule has 0 saturated carbocycles. The van der Waals surface area contributed by atoms with Crippen LogP contribution in [-0.2, 0) is 32.5 Å². The van der Waals surface area contributed by atoms with Gasteiger partial charge in [-0.05, 0) is 24.0 Å². The van der Waals surface area contributed by atoms with E-state index in [-0.39, 0.29) is 5.97 Å². The Labute approximate surface area is 136 Å². The molecule has 23 heavy (non-hydrogen) atoms. The van der Waals surface area contributed by atoms with Crippen LogP contribution in [0.15, 0.2) is 60.7 Å². The van der Waals surface area contributed by atoms with Crippen molar-refractivity contribution in [1.29, 1.82) is 0 Å². The fourth-order valence-corrected chi connectivity index (χ4v) is 1.98. The average molecular weight is 314 g/mol. The monoisotopic (exact) mass is 314 g/mol. The third-order valence-electron chi connectivity index (χ3n) is 3.25. The van der Waals surface area contributed by atoms with E-state index >= 15 is 0 Å². The highest BCUT2D eigenvalue weighted by Crippen LogP contribution is 2.05. The topological polar surface area (TPSA) is 44.8 Å². The molecule has 2 aromatic rings. The summed E-state index contributed by atoms with van der Waals surface area (Å²) in [7, 11) is 0. The van der Waals surface area contributed by atoms with Gasteiger partial charge in [-0.2, -0.15) is 0 Å². The lowest BCUT2D eigenvalue weighted by Crippen LogP contribution is -2.05. The quantitative estimate of drug-likeness (QED) is 0.287. The number of unbranched alkanes of at least 4 members (excludes halogenated alkanes) is 1. The van der Waals surface area contributed by atoms with Crippen LogP contribution < -0.4 is 0 Å². The first-order valence-corrected chi connectivity index (χ1v) is 7.82. The summed E-state index contributed by atoms with van der Waals surface area (Å²) in [6.07, 6.45) is 1.88. The first-order valence-electron chi connectivity index (χ1n) is 7.82. The predicted molar refractivity (Wildman–Crippen MR) is 87.3 cm³/mol. The zero-order valence-corrected chi connectivity index (χ0v) is 13.1. The standard InChI is InChI=1S/C19H22O4/c20-19(21-15-17-9-3-1-4-10-17)13-7-8-14-22-23-16-18-11-5-2-6-12-18/h1-6,9-12H,7-8,13-16H2. The smallest absolute Gasteiger partial charge is 0.306 e. The van der Waals surface area contributed by atoms with Gasteiger partial charge in [0, 0.05) is 6.42 Å². The molecule has 0 amide bonds. The van der Waals surface area contributed by atoms with E-state index in [0.29, 0.717) is 26.2 Å².